The van der Waals surface area contributed by atoms with Crippen molar-refractivity contribution in [3.05, 3.63) is 33.9 Å². The van der Waals surface area contributed by atoms with Gasteiger partial charge in [-0.1, -0.05) is 0 Å². The predicted octanol–water partition coefficient (Wildman–Crippen LogP) is 2.16. The third-order valence-electron chi connectivity index (χ3n) is 2.71. The number of hydrogen-bond acceptors (Lipinski definition) is 5. The fourth-order valence-electron chi connectivity index (χ4n) is 1.78. The highest BCUT2D eigenvalue weighted by atomic mass is 16.6. The number of carbonyl (C=O) groups is 1. The zero-order chi connectivity index (χ0) is 15.5. The van der Waals surface area contributed by atoms with Crippen LogP contribution in [0, 0.1) is 21.4 Å². The summed E-state index contributed by atoms with van der Waals surface area (Å²) in [6.07, 6.45) is 0. The van der Waals surface area contributed by atoms with Crippen molar-refractivity contribution >= 4 is 17.3 Å². The molecule has 106 valence electrons. The largest absolute Gasteiger partial charge is 0.480 e. The van der Waals surface area contributed by atoms with E-state index in [-0.39, 0.29) is 17.8 Å². The Morgan fingerprint density at radius 3 is 2.50 bits per heavy atom. The third-order valence-corrected chi connectivity index (χ3v) is 2.71. The molecule has 0 heterocycles. The van der Waals surface area contributed by atoms with E-state index >= 15 is 0 Å². The molecule has 0 aliphatic rings. The van der Waals surface area contributed by atoms with Gasteiger partial charge in [0.25, 0.3) is 5.69 Å². The van der Waals surface area contributed by atoms with Gasteiger partial charge in [0.2, 0.25) is 0 Å². The van der Waals surface area contributed by atoms with Crippen LogP contribution in [0.15, 0.2) is 18.2 Å². The van der Waals surface area contributed by atoms with Crippen LogP contribution in [0.25, 0.3) is 0 Å². The van der Waals surface area contributed by atoms with E-state index in [1.807, 2.05) is 6.07 Å². The van der Waals surface area contributed by atoms with E-state index in [1.54, 1.807) is 20.8 Å². The molecule has 1 N–H and O–H groups in total. The Labute approximate surface area is 116 Å². The van der Waals surface area contributed by atoms with Gasteiger partial charge in [-0.15, -0.1) is 0 Å². The van der Waals surface area contributed by atoms with Gasteiger partial charge in [0.15, 0.2) is 0 Å². The Morgan fingerprint density at radius 2 is 2.10 bits per heavy atom. The van der Waals surface area contributed by atoms with E-state index < -0.39 is 16.4 Å². The Morgan fingerprint density at radius 1 is 1.50 bits per heavy atom. The summed E-state index contributed by atoms with van der Waals surface area (Å²) in [5.74, 6) is -1.04. The van der Waals surface area contributed by atoms with Crippen LogP contribution in [0.2, 0.25) is 0 Å². The molecule has 1 aromatic carbocycles. The van der Waals surface area contributed by atoms with Crippen LogP contribution in [-0.2, 0) is 4.79 Å². The number of nitriles is 1. The lowest BCUT2D eigenvalue weighted by atomic mass is 10.0. The lowest BCUT2D eigenvalue weighted by Gasteiger charge is -2.36. The van der Waals surface area contributed by atoms with E-state index in [4.69, 9.17) is 10.4 Å². The van der Waals surface area contributed by atoms with Crippen LogP contribution in [0.3, 0.4) is 0 Å². The first-order valence-electron chi connectivity index (χ1n) is 5.85. The Bertz CT molecular complexity index is 584. The number of non-ortho nitro benzene ring substituents is 1. The second-order valence-corrected chi connectivity index (χ2v) is 5.22. The minimum absolute atomic E-state index is 0.0791. The van der Waals surface area contributed by atoms with E-state index in [0.29, 0.717) is 5.69 Å². The van der Waals surface area contributed by atoms with Crippen molar-refractivity contribution in [3.63, 3.8) is 0 Å². The van der Waals surface area contributed by atoms with E-state index in [0.717, 1.165) is 6.07 Å². The summed E-state index contributed by atoms with van der Waals surface area (Å²) in [5.41, 5.74) is -0.294. The summed E-state index contributed by atoms with van der Waals surface area (Å²) in [6, 6.07) is 5.69. The van der Waals surface area contributed by atoms with E-state index in [2.05, 4.69) is 0 Å². The second kappa shape index (κ2) is 5.57. The van der Waals surface area contributed by atoms with Gasteiger partial charge in [-0.2, -0.15) is 5.26 Å². The van der Waals surface area contributed by atoms with Crippen LogP contribution in [-0.4, -0.2) is 28.1 Å². The van der Waals surface area contributed by atoms with E-state index in [1.165, 1.54) is 17.0 Å². The SMILES string of the molecule is CC(C)(C)N(CC(=O)O)c1ccc([N+](=O)[O-])cc1C#N. The fraction of sp³-hybridized carbons (Fsp3) is 0.385. The van der Waals surface area contributed by atoms with Crippen LogP contribution >= 0.6 is 0 Å². The highest BCUT2D eigenvalue weighted by Crippen LogP contribution is 2.29. The summed E-state index contributed by atoms with van der Waals surface area (Å²) < 4.78 is 0. The second-order valence-electron chi connectivity index (χ2n) is 5.22. The van der Waals surface area contributed by atoms with Gasteiger partial charge >= 0.3 is 5.97 Å². The fourth-order valence-corrected chi connectivity index (χ4v) is 1.78. The van der Waals surface area contributed by atoms with Gasteiger partial charge in [0.05, 0.1) is 16.2 Å². The molecule has 0 aromatic heterocycles. The third kappa shape index (κ3) is 3.45. The van der Waals surface area contributed by atoms with Crippen LogP contribution in [0.1, 0.15) is 26.3 Å². The molecule has 0 atom stereocenters. The first kappa shape index (κ1) is 15.4. The average Bonchev–Trinajstić information content (AvgIpc) is 2.33. The molecule has 1 aromatic rings. The van der Waals surface area contributed by atoms with E-state index in [9.17, 15) is 14.9 Å². The first-order valence-corrected chi connectivity index (χ1v) is 5.85. The van der Waals surface area contributed by atoms with Gasteiger partial charge in [-0.3, -0.25) is 14.9 Å². The van der Waals surface area contributed by atoms with Gasteiger partial charge < -0.3 is 10.0 Å². The Kier molecular flexibility index (Phi) is 4.30. The van der Waals surface area contributed by atoms with Gasteiger partial charge in [0.1, 0.15) is 12.6 Å². The predicted molar refractivity (Wildman–Crippen MR) is 72.5 cm³/mol. The summed E-state index contributed by atoms with van der Waals surface area (Å²) >= 11 is 0. The topological polar surface area (TPSA) is 107 Å². The molecular formula is C13H15N3O4. The van der Waals surface area contributed by atoms with Crippen molar-refractivity contribution in [1.82, 2.24) is 0 Å². The molecular weight excluding hydrogens is 262 g/mol. The number of aliphatic carboxylic acids is 1. The summed E-state index contributed by atoms with van der Waals surface area (Å²) in [4.78, 5) is 22.6. The molecule has 1 rings (SSSR count). The number of hydrogen-bond donors (Lipinski definition) is 1. The standard InChI is InChI=1S/C13H15N3O4/c1-13(2,3)15(8-12(17)18)11-5-4-10(16(19)20)6-9(11)7-14/h4-6H,8H2,1-3H3,(H,17,18). The number of nitro benzene ring substituents is 1. The lowest BCUT2D eigenvalue weighted by molar-refractivity contribution is -0.384. The number of carboxylic acid groups (broad SMARTS) is 1. The number of rotatable bonds is 4. The minimum Gasteiger partial charge on any atom is -0.480 e. The van der Waals surface area contributed by atoms with Gasteiger partial charge in [0, 0.05) is 17.7 Å². The number of nitrogens with zero attached hydrogens (tertiary/aromatic N) is 3. The highest BCUT2D eigenvalue weighted by molar-refractivity contribution is 5.76. The maximum absolute atomic E-state index is 11.0. The van der Waals surface area contributed by atoms with Crippen LogP contribution in [0.5, 0.6) is 0 Å². The molecule has 0 saturated carbocycles. The molecule has 0 bridgehead atoms. The lowest BCUT2D eigenvalue weighted by Crippen LogP contribution is -2.45. The number of benzene rings is 1. The average molecular weight is 277 g/mol. The Hall–Kier alpha value is -2.62. The van der Waals surface area contributed by atoms with Crippen molar-refractivity contribution < 1.29 is 14.8 Å². The monoisotopic (exact) mass is 277 g/mol. The molecule has 0 unspecified atom stereocenters. The highest BCUT2D eigenvalue weighted by Gasteiger charge is 2.27. The quantitative estimate of drug-likeness (QED) is 0.667. The minimum atomic E-state index is -1.04. The maximum atomic E-state index is 11.0. The van der Waals surface area contributed by atoms with Gasteiger partial charge in [-0.05, 0) is 26.8 Å². The van der Waals surface area contributed by atoms with Crippen molar-refractivity contribution in [2.24, 2.45) is 0 Å². The zero-order valence-electron chi connectivity index (χ0n) is 11.5. The molecule has 7 heteroatoms. The van der Waals surface area contributed by atoms with Crippen LogP contribution < -0.4 is 4.90 Å². The molecule has 0 aliphatic heterocycles. The molecule has 0 spiro atoms. The van der Waals surface area contributed by atoms with Crippen molar-refractivity contribution in [2.75, 3.05) is 11.4 Å². The van der Waals surface area contributed by atoms with Crippen molar-refractivity contribution in [1.29, 1.82) is 5.26 Å². The molecule has 7 nitrogen and oxygen atoms in total. The van der Waals surface area contributed by atoms with Crippen LogP contribution in [0.4, 0.5) is 11.4 Å². The zero-order valence-corrected chi connectivity index (χ0v) is 11.5. The molecule has 0 amide bonds. The summed E-state index contributed by atoms with van der Waals surface area (Å²) in [5, 5.41) is 28.8. The molecule has 20 heavy (non-hydrogen) atoms. The molecule has 0 aliphatic carbocycles. The number of nitro groups is 1. The smallest absolute Gasteiger partial charge is 0.323 e. The molecule has 0 saturated heterocycles. The first-order chi connectivity index (χ1) is 9.16. The van der Waals surface area contributed by atoms with Crippen molar-refractivity contribution in [3.8, 4) is 6.07 Å². The molecule has 0 fully saturated rings. The van der Waals surface area contributed by atoms with Gasteiger partial charge in [-0.25, -0.2) is 0 Å². The summed E-state index contributed by atoms with van der Waals surface area (Å²) in [6.45, 7) is 5.12. The van der Waals surface area contributed by atoms with Crippen molar-refractivity contribution in [2.45, 2.75) is 26.3 Å². The Balaban J connectivity index is 3.38. The maximum Gasteiger partial charge on any atom is 0.323 e. The molecule has 0 radical (unpaired) electrons. The summed E-state index contributed by atoms with van der Waals surface area (Å²) in [7, 11) is 0. The number of anilines is 1. The normalized spacial score (nSPS) is 10.7. The number of carboxylic acids is 1.